The summed E-state index contributed by atoms with van der Waals surface area (Å²) in [6, 6.07) is 0. The lowest BCUT2D eigenvalue weighted by Crippen LogP contribution is -2.29. The number of ether oxygens (including phenoxy) is 2. The van der Waals surface area contributed by atoms with E-state index in [9.17, 15) is 19.0 Å². The second-order valence-corrected chi connectivity index (χ2v) is 17.6. The lowest BCUT2D eigenvalue weighted by Gasteiger charge is -2.19. The summed E-state index contributed by atoms with van der Waals surface area (Å²) in [4.78, 5) is 34.9. The van der Waals surface area contributed by atoms with E-state index in [2.05, 4.69) is 50.3 Å². The van der Waals surface area contributed by atoms with Crippen LogP contribution in [-0.2, 0) is 32.7 Å². The summed E-state index contributed by atoms with van der Waals surface area (Å²) in [5, 5.41) is 0. The molecule has 8 nitrogen and oxygen atoms in total. The van der Waals surface area contributed by atoms with Gasteiger partial charge < -0.3 is 14.4 Å². The van der Waals surface area contributed by atoms with Crippen LogP contribution in [0.5, 0.6) is 0 Å². The monoisotopic (exact) mass is 839 g/mol. The van der Waals surface area contributed by atoms with Gasteiger partial charge >= 0.3 is 19.8 Å². The fraction of sp³-hybridized carbons (Fsp3) is 0.837. The molecule has 0 radical (unpaired) electrons. The first-order valence-electron chi connectivity index (χ1n) is 24.3. The standard InChI is InChI=1S/C49H91O8P/c1-4-7-9-11-13-15-17-19-21-23-24-25-26-28-29-31-33-35-37-39-41-43-48(50)54-45-47(46-56-58(52,53)55-6-3)57-49(51)44-42-40-38-36-34-32-30-27-22-20-18-16-14-12-10-8-5-2/h14,16,20,22-24,47H,4-13,15,17-19,21,25-46H2,1-3H3,(H,52,53)/b16-14-,22-20-,24-23-. The Morgan fingerprint density at radius 3 is 1.28 bits per heavy atom. The van der Waals surface area contributed by atoms with E-state index in [1.54, 1.807) is 6.92 Å². The van der Waals surface area contributed by atoms with Gasteiger partial charge in [0.15, 0.2) is 6.10 Å². The number of phosphoric ester groups is 1. The molecule has 0 rings (SSSR count). The largest absolute Gasteiger partial charge is 0.472 e. The zero-order valence-electron chi connectivity index (χ0n) is 38.0. The number of allylic oxidation sites excluding steroid dienone is 6. The average Bonchev–Trinajstić information content (AvgIpc) is 3.20. The Balaban J connectivity index is 4.01. The van der Waals surface area contributed by atoms with Crippen LogP contribution in [0.2, 0.25) is 0 Å². The van der Waals surface area contributed by atoms with Crippen molar-refractivity contribution in [1.29, 1.82) is 0 Å². The van der Waals surface area contributed by atoms with Crippen LogP contribution >= 0.6 is 7.82 Å². The van der Waals surface area contributed by atoms with E-state index in [4.69, 9.17) is 18.5 Å². The third-order valence-corrected chi connectivity index (χ3v) is 11.5. The van der Waals surface area contributed by atoms with Crippen molar-refractivity contribution in [3.63, 3.8) is 0 Å². The Hall–Kier alpha value is -1.73. The maximum Gasteiger partial charge on any atom is 0.472 e. The molecule has 2 atom stereocenters. The van der Waals surface area contributed by atoms with Crippen LogP contribution in [0.15, 0.2) is 36.5 Å². The molecule has 0 bridgehead atoms. The van der Waals surface area contributed by atoms with Gasteiger partial charge in [-0.25, -0.2) is 4.57 Å². The van der Waals surface area contributed by atoms with Crippen molar-refractivity contribution in [1.82, 2.24) is 0 Å². The minimum absolute atomic E-state index is 0.00128. The topological polar surface area (TPSA) is 108 Å². The van der Waals surface area contributed by atoms with Crippen LogP contribution in [0.4, 0.5) is 0 Å². The number of phosphoric acid groups is 1. The maximum atomic E-state index is 12.6. The molecule has 0 aliphatic carbocycles. The van der Waals surface area contributed by atoms with E-state index < -0.39 is 26.5 Å². The van der Waals surface area contributed by atoms with E-state index in [1.807, 2.05) is 0 Å². The van der Waals surface area contributed by atoms with Crippen molar-refractivity contribution in [2.75, 3.05) is 19.8 Å². The van der Waals surface area contributed by atoms with Crippen LogP contribution in [0.25, 0.3) is 0 Å². The minimum atomic E-state index is -4.29. The Morgan fingerprint density at radius 1 is 0.466 bits per heavy atom. The van der Waals surface area contributed by atoms with Gasteiger partial charge in [0, 0.05) is 12.8 Å². The number of carbonyl (C=O) groups is 2. The summed E-state index contributed by atoms with van der Waals surface area (Å²) >= 11 is 0. The number of hydrogen-bond donors (Lipinski definition) is 1. The van der Waals surface area contributed by atoms with Crippen LogP contribution < -0.4 is 0 Å². The lowest BCUT2D eigenvalue weighted by atomic mass is 10.1. The smallest absolute Gasteiger partial charge is 0.462 e. The van der Waals surface area contributed by atoms with Gasteiger partial charge in [-0.15, -0.1) is 0 Å². The predicted octanol–water partition coefficient (Wildman–Crippen LogP) is 15.6. The molecule has 58 heavy (non-hydrogen) atoms. The number of unbranched alkanes of at least 4 members (excludes halogenated alkanes) is 27. The highest BCUT2D eigenvalue weighted by Crippen LogP contribution is 2.43. The van der Waals surface area contributed by atoms with Gasteiger partial charge in [-0.3, -0.25) is 18.6 Å². The van der Waals surface area contributed by atoms with Crippen molar-refractivity contribution in [3.05, 3.63) is 36.5 Å². The van der Waals surface area contributed by atoms with E-state index in [-0.39, 0.29) is 25.6 Å². The summed E-state index contributed by atoms with van der Waals surface area (Å²) in [6.07, 6.45) is 52.0. The van der Waals surface area contributed by atoms with Crippen LogP contribution in [0.3, 0.4) is 0 Å². The molecule has 0 aliphatic heterocycles. The molecule has 0 amide bonds. The quantitative estimate of drug-likeness (QED) is 0.0279. The van der Waals surface area contributed by atoms with Crippen molar-refractivity contribution in [3.8, 4) is 0 Å². The van der Waals surface area contributed by atoms with Gasteiger partial charge in [-0.1, -0.05) is 185 Å². The number of hydrogen-bond acceptors (Lipinski definition) is 7. The molecule has 0 aromatic carbocycles. The molecule has 0 aliphatic rings. The summed E-state index contributed by atoms with van der Waals surface area (Å²) < 4.78 is 32.7. The van der Waals surface area contributed by atoms with Crippen LogP contribution in [0.1, 0.15) is 239 Å². The van der Waals surface area contributed by atoms with Gasteiger partial charge in [0.25, 0.3) is 0 Å². The number of esters is 2. The zero-order valence-corrected chi connectivity index (χ0v) is 38.9. The molecule has 0 fully saturated rings. The van der Waals surface area contributed by atoms with Crippen molar-refractivity contribution in [2.45, 2.75) is 245 Å². The number of carbonyl (C=O) groups excluding carboxylic acids is 2. The Kier molecular flexibility index (Phi) is 43.5. The molecule has 0 saturated heterocycles. The maximum absolute atomic E-state index is 12.6. The molecule has 0 spiro atoms. The molecular weight excluding hydrogens is 748 g/mol. The molecule has 0 aromatic rings. The molecule has 340 valence electrons. The fourth-order valence-electron chi connectivity index (χ4n) is 6.83. The Morgan fingerprint density at radius 2 is 0.828 bits per heavy atom. The third kappa shape index (κ3) is 43.8. The Bertz CT molecular complexity index is 1040. The molecule has 2 unspecified atom stereocenters. The first-order valence-corrected chi connectivity index (χ1v) is 25.8. The van der Waals surface area contributed by atoms with Gasteiger partial charge in [0.1, 0.15) is 6.61 Å². The van der Waals surface area contributed by atoms with Crippen LogP contribution in [0, 0.1) is 0 Å². The Labute approximate surface area is 357 Å². The van der Waals surface area contributed by atoms with Gasteiger partial charge in [0.05, 0.1) is 13.2 Å². The SMILES string of the molecule is CCCCC/C=C\C/C=C\CCCCCCCCCC(=O)OC(COC(=O)CCCCCCCCCCC/C=C\CCCCCCCCCC)COP(=O)(O)OCC. The van der Waals surface area contributed by atoms with Gasteiger partial charge in [0.2, 0.25) is 0 Å². The average molecular weight is 839 g/mol. The van der Waals surface area contributed by atoms with Crippen LogP contribution in [-0.4, -0.2) is 42.8 Å². The van der Waals surface area contributed by atoms with Crippen molar-refractivity contribution < 1.29 is 37.6 Å². The van der Waals surface area contributed by atoms with E-state index in [1.165, 1.54) is 148 Å². The second-order valence-electron chi connectivity index (χ2n) is 16.1. The highest BCUT2D eigenvalue weighted by Gasteiger charge is 2.25. The normalized spacial score (nSPS) is 13.5. The van der Waals surface area contributed by atoms with Crippen molar-refractivity contribution in [2.24, 2.45) is 0 Å². The third-order valence-electron chi connectivity index (χ3n) is 10.4. The minimum Gasteiger partial charge on any atom is -0.462 e. The summed E-state index contributed by atoms with van der Waals surface area (Å²) in [5.41, 5.74) is 0. The molecular formula is C49H91O8P. The van der Waals surface area contributed by atoms with E-state index in [0.29, 0.717) is 12.8 Å². The molecule has 1 N–H and O–H groups in total. The van der Waals surface area contributed by atoms with E-state index in [0.717, 1.165) is 51.4 Å². The lowest BCUT2D eigenvalue weighted by molar-refractivity contribution is -0.161. The molecule has 0 saturated carbocycles. The van der Waals surface area contributed by atoms with Crippen molar-refractivity contribution >= 4 is 19.8 Å². The van der Waals surface area contributed by atoms with Gasteiger partial charge in [-0.05, 0) is 77.6 Å². The first kappa shape index (κ1) is 56.3. The highest BCUT2D eigenvalue weighted by molar-refractivity contribution is 7.47. The first-order chi connectivity index (χ1) is 28.3. The van der Waals surface area contributed by atoms with Gasteiger partial charge in [-0.2, -0.15) is 0 Å². The second kappa shape index (κ2) is 44.8. The zero-order chi connectivity index (χ0) is 42.5. The summed E-state index contributed by atoms with van der Waals surface area (Å²) in [7, 11) is -4.29. The summed E-state index contributed by atoms with van der Waals surface area (Å²) in [6.45, 7) is 5.47. The molecule has 0 heterocycles. The summed E-state index contributed by atoms with van der Waals surface area (Å²) in [5.74, 6) is -0.802. The molecule has 9 heteroatoms. The molecule has 0 aromatic heterocycles. The highest BCUT2D eigenvalue weighted by atomic mass is 31.2. The number of rotatable bonds is 45. The fourth-order valence-corrected chi connectivity index (χ4v) is 7.59. The predicted molar refractivity (Wildman–Crippen MR) is 244 cm³/mol. The van der Waals surface area contributed by atoms with E-state index >= 15 is 0 Å².